The van der Waals surface area contributed by atoms with Crippen molar-refractivity contribution in [3.8, 4) is 0 Å². The van der Waals surface area contributed by atoms with Crippen LogP contribution in [0.1, 0.15) is 24.8 Å². The quantitative estimate of drug-likeness (QED) is 0.589. The van der Waals surface area contributed by atoms with E-state index in [0.29, 0.717) is 5.92 Å². The molecule has 98 valence electrons. The molecule has 2 rings (SSSR count). The largest absolute Gasteiger partial charge is 0.366 e. The molecule has 1 aromatic rings. The number of aliphatic imine (C=N–C) groups is 1. The Kier molecular flexibility index (Phi) is 4.02. The van der Waals surface area contributed by atoms with Gasteiger partial charge >= 0.3 is 0 Å². The molecule has 18 heavy (non-hydrogen) atoms. The van der Waals surface area contributed by atoms with Crippen LogP contribution in [0.5, 0.6) is 0 Å². The first-order valence-corrected chi connectivity index (χ1v) is 6.57. The van der Waals surface area contributed by atoms with Crippen LogP contribution in [0, 0.1) is 0 Å². The van der Waals surface area contributed by atoms with E-state index in [0.717, 1.165) is 11.5 Å². The number of benzene rings is 1. The predicted molar refractivity (Wildman–Crippen MR) is 77.8 cm³/mol. The van der Waals surface area contributed by atoms with Gasteiger partial charge < -0.3 is 9.80 Å². The van der Waals surface area contributed by atoms with Gasteiger partial charge in [0.1, 0.15) is 5.84 Å². The van der Waals surface area contributed by atoms with Crippen LogP contribution in [-0.4, -0.2) is 49.9 Å². The van der Waals surface area contributed by atoms with Crippen molar-refractivity contribution in [3.05, 3.63) is 29.8 Å². The summed E-state index contributed by atoms with van der Waals surface area (Å²) in [5.74, 6) is 1.71. The van der Waals surface area contributed by atoms with Gasteiger partial charge in [-0.1, -0.05) is 12.1 Å². The van der Waals surface area contributed by atoms with E-state index >= 15 is 0 Å². The lowest BCUT2D eigenvalue weighted by Crippen LogP contribution is -2.17. The van der Waals surface area contributed by atoms with Crippen molar-refractivity contribution in [2.24, 2.45) is 4.99 Å². The molecule has 1 aliphatic rings. The van der Waals surface area contributed by atoms with Gasteiger partial charge in [-0.3, -0.25) is 0 Å². The van der Waals surface area contributed by atoms with Gasteiger partial charge in [0.05, 0.1) is 5.69 Å². The van der Waals surface area contributed by atoms with E-state index in [2.05, 4.69) is 41.2 Å². The first-order chi connectivity index (χ1) is 8.56. The van der Waals surface area contributed by atoms with Gasteiger partial charge in [-0.15, -0.1) is 0 Å². The van der Waals surface area contributed by atoms with Crippen LogP contribution >= 0.6 is 0 Å². The summed E-state index contributed by atoms with van der Waals surface area (Å²) in [4.78, 5) is 9.07. The molecule has 0 radical (unpaired) electrons. The summed E-state index contributed by atoms with van der Waals surface area (Å²) in [5.41, 5.74) is 2.49. The average Bonchev–Trinajstić information content (AvgIpc) is 2.76. The summed E-state index contributed by atoms with van der Waals surface area (Å²) >= 11 is 0. The third kappa shape index (κ3) is 3.10. The molecule has 1 heterocycles. The monoisotopic (exact) mass is 245 g/mol. The summed E-state index contributed by atoms with van der Waals surface area (Å²) in [6.07, 6.45) is 1.26. The third-order valence-electron chi connectivity index (χ3n) is 3.67. The Bertz CT molecular complexity index is 437. The lowest BCUT2D eigenvalue weighted by molar-refractivity contribution is 0.411. The van der Waals surface area contributed by atoms with E-state index in [1.807, 2.05) is 25.9 Å². The van der Waals surface area contributed by atoms with Gasteiger partial charge in [-0.2, -0.15) is 0 Å². The highest BCUT2D eigenvalue weighted by Crippen LogP contribution is 2.28. The van der Waals surface area contributed by atoms with Crippen molar-refractivity contribution in [1.82, 2.24) is 9.80 Å². The van der Waals surface area contributed by atoms with Crippen molar-refractivity contribution < 1.29 is 0 Å². The normalized spacial score (nSPS) is 21.3. The molecule has 0 saturated carbocycles. The second kappa shape index (κ2) is 5.53. The van der Waals surface area contributed by atoms with Crippen LogP contribution < -0.4 is 0 Å². The van der Waals surface area contributed by atoms with Crippen molar-refractivity contribution in [3.63, 3.8) is 0 Å². The highest BCUT2D eigenvalue weighted by Gasteiger charge is 2.20. The molecular weight excluding hydrogens is 222 g/mol. The number of hydrogen-bond donors (Lipinski definition) is 0. The topological polar surface area (TPSA) is 18.8 Å². The van der Waals surface area contributed by atoms with Gasteiger partial charge in [0.15, 0.2) is 0 Å². The second-order valence-corrected chi connectivity index (χ2v) is 5.40. The molecule has 1 unspecified atom stereocenters. The minimum atomic E-state index is 0.671. The summed E-state index contributed by atoms with van der Waals surface area (Å²) in [7, 11) is 6.24. The van der Waals surface area contributed by atoms with Crippen molar-refractivity contribution >= 4 is 11.5 Å². The van der Waals surface area contributed by atoms with Gasteiger partial charge in [-0.05, 0) is 50.6 Å². The van der Waals surface area contributed by atoms with E-state index in [-0.39, 0.29) is 0 Å². The Labute approximate surface area is 110 Å². The lowest BCUT2D eigenvalue weighted by atomic mass is 9.98. The molecule has 0 aliphatic carbocycles. The SMILES string of the molecule is C/C(=N\c1cccc(C2CCN(C)C2)c1)N(C)C. The molecule has 1 atom stereocenters. The molecule has 0 bridgehead atoms. The third-order valence-corrected chi connectivity index (χ3v) is 3.67. The molecule has 1 aliphatic heterocycles. The van der Waals surface area contributed by atoms with Crippen LogP contribution in [0.2, 0.25) is 0 Å². The summed E-state index contributed by atoms with van der Waals surface area (Å²) in [6.45, 7) is 4.41. The maximum absolute atomic E-state index is 4.64. The van der Waals surface area contributed by atoms with Crippen LogP contribution in [-0.2, 0) is 0 Å². The fourth-order valence-electron chi connectivity index (χ4n) is 2.34. The number of hydrogen-bond acceptors (Lipinski definition) is 2. The minimum absolute atomic E-state index is 0.671. The Morgan fingerprint density at radius 3 is 2.78 bits per heavy atom. The molecule has 0 spiro atoms. The van der Waals surface area contributed by atoms with Gasteiger partial charge in [0.2, 0.25) is 0 Å². The summed E-state index contributed by atoms with van der Waals surface area (Å²) in [5, 5.41) is 0. The van der Waals surface area contributed by atoms with E-state index in [1.54, 1.807) is 0 Å². The molecule has 0 N–H and O–H groups in total. The Morgan fingerprint density at radius 2 is 2.17 bits per heavy atom. The smallest absolute Gasteiger partial charge is 0.101 e. The maximum Gasteiger partial charge on any atom is 0.101 e. The summed E-state index contributed by atoms with van der Waals surface area (Å²) in [6, 6.07) is 8.66. The van der Waals surface area contributed by atoms with Crippen molar-refractivity contribution in [2.75, 3.05) is 34.2 Å². The number of rotatable bonds is 2. The second-order valence-electron chi connectivity index (χ2n) is 5.40. The minimum Gasteiger partial charge on any atom is -0.366 e. The Hall–Kier alpha value is -1.35. The van der Waals surface area contributed by atoms with Crippen LogP contribution in [0.15, 0.2) is 29.3 Å². The van der Waals surface area contributed by atoms with E-state index < -0.39 is 0 Å². The summed E-state index contributed by atoms with van der Waals surface area (Å²) < 4.78 is 0. The van der Waals surface area contributed by atoms with Gasteiger partial charge in [-0.25, -0.2) is 4.99 Å². The molecular formula is C15H23N3. The van der Waals surface area contributed by atoms with E-state index in [1.165, 1.54) is 25.1 Å². The Morgan fingerprint density at radius 1 is 1.39 bits per heavy atom. The maximum atomic E-state index is 4.64. The lowest BCUT2D eigenvalue weighted by Gasteiger charge is -2.13. The van der Waals surface area contributed by atoms with Crippen LogP contribution in [0.4, 0.5) is 5.69 Å². The zero-order valence-electron chi connectivity index (χ0n) is 11.8. The fourth-order valence-corrected chi connectivity index (χ4v) is 2.34. The highest BCUT2D eigenvalue weighted by atomic mass is 15.1. The zero-order chi connectivity index (χ0) is 13.1. The van der Waals surface area contributed by atoms with Crippen LogP contribution in [0.25, 0.3) is 0 Å². The molecule has 1 fully saturated rings. The van der Waals surface area contributed by atoms with Gasteiger partial charge in [0.25, 0.3) is 0 Å². The van der Waals surface area contributed by atoms with E-state index in [4.69, 9.17) is 0 Å². The number of amidine groups is 1. The number of likely N-dealkylation sites (N-methyl/N-ethyl adjacent to an activating group) is 1. The number of likely N-dealkylation sites (tertiary alicyclic amines) is 1. The average molecular weight is 245 g/mol. The standard InChI is InChI=1S/C15H23N3/c1-12(17(2)3)16-15-7-5-6-13(10-15)14-8-9-18(4)11-14/h5-7,10,14H,8-9,11H2,1-4H3/b16-12+. The van der Waals surface area contributed by atoms with Crippen molar-refractivity contribution in [1.29, 1.82) is 0 Å². The number of nitrogens with zero attached hydrogens (tertiary/aromatic N) is 3. The molecule has 0 aromatic heterocycles. The Balaban J connectivity index is 2.17. The van der Waals surface area contributed by atoms with Crippen molar-refractivity contribution in [2.45, 2.75) is 19.3 Å². The molecule has 1 saturated heterocycles. The molecule has 0 amide bonds. The first kappa shape index (κ1) is 13.1. The predicted octanol–water partition coefficient (Wildman–Crippen LogP) is 2.72. The molecule has 3 heteroatoms. The first-order valence-electron chi connectivity index (χ1n) is 6.57. The zero-order valence-corrected chi connectivity index (χ0v) is 11.8. The van der Waals surface area contributed by atoms with Gasteiger partial charge in [0, 0.05) is 20.6 Å². The molecule has 3 nitrogen and oxygen atoms in total. The van der Waals surface area contributed by atoms with E-state index in [9.17, 15) is 0 Å². The molecule has 1 aromatic carbocycles. The highest BCUT2D eigenvalue weighted by molar-refractivity contribution is 5.82. The fraction of sp³-hybridized carbons (Fsp3) is 0.533. The van der Waals surface area contributed by atoms with Crippen LogP contribution in [0.3, 0.4) is 0 Å².